The molecule has 1 saturated carbocycles. The largest absolute Gasteiger partial charge is 0.302 e. The molecule has 0 aromatic heterocycles. The number of rotatable bonds is 3. The van der Waals surface area contributed by atoms with Crippen molar-refractivity contribution in [3.8, 4) is 0 Å². The number of sulfonamides is 1. The van der Waals surface area contributed by atoms with Crippen molar-refractivity contribution in [1.82, 2.24) is 4.31 Å². The second-order valence-electron chi connectivity index (χ2n) is 7.81. The van der Waals surface area contributed by atoms with Crippen LogP contribution in [0.15, 0.2) is 29.2 Å². The van der Waals surface area contributed by atoms with E-state index in [4.69, 9.17) is 0 Å². The van der Waals surface area contributed by atoms with Gasteiger partial charge in [-0.3, -0.25) is 0 Å². The van der Waals surface area contributed by atoms with Gasteiger partial charge in [0.15, 0.2) is 0 Å². The molecule has 1 aliphatic heterocycles. The van der Waals surface area contributed by atoms with Crippen LogP contribution in [0.1, 0.15) is 52.0 Å². The van der Waals surface area contributed by atoms with Crippen molar-refractivity contribution in [2.24, 2.45) is 5.92 Å². The fraction of sp³-hybridized carbons (Fsp3) is 0.611. The molecular weight excluding hydrogens is 310 g/mol. The van der Waals surface area contributed by atoms with Crippen LogP contribution >= 0.6 is 0 Å². The van der Waals surface area contributed by atoms with Crippen LogP contribution in [0.5, 0.6) is 0 Å². The van der Waals surface area contributed by atoms with E-state index in [0.717, 1.165) is 31.1 Å². The first-order valence-corrected chi connectivity index (χ1v) is 9.78. The van der Waals surface area contributed by atoms with Gasteiger partial charge in [-0.15, -0.1) is 0 Å². The van der Waals surface area contributed by atoms with Gasteiger partial charge in [-0.25, -0.2) is 8.42 Å². The Morgan fingerprint density at radius 1 is 1.13 bits per heavy atom. The van der Waals surface area contributed by atoms with Gasteiger partial charge < -0.3 is 4.79 Å². The van der Waals surface area contributed by atoms with Gasteiger partial charge >= 0.3 is 0 Å². The number of aldehydes is 1. The van der Waals surface area contributed by atoms with E-state index in [1.54, 1.807) is 12.1 Å². The molecular formula is C18H25NO3S. The molecule has 23 heavy (non-hydrogen) atoms. The van der Waals surface area contributed by atoms with E-state index in [-0.39, 0.29) is 11.5 Å². The molecule has 126 valence electrons. The number of fused-ring (bicyclic) bond motifs is 1. The van der Waals surface area contributed by atoms with Crippen molar-refractivity contribution in [3.05, 3.63) is 29.8 Å². The van der Waals surface area contributed by atoms with Gasteiger partial charge in [-0.1, -0.05) is 39.3 Å². The third-order valence-electron chi connectivity index (χ3n) is 5.27. The van der Waals surface area contributed by atoms with Crippen LogP contribution in [0.2, 0.25) is 0 Å². The van der Waals surface area contributed by atoms with Gasteiger partial charge in [-0.05, 0) is 48.3 Å². The predicted octanol–water partition coefficient (Wildman–Crippen LogP) is 3.11. The average Bonchev–Trinajstić information content (AvgIpc) is 3.06. The van der Waals surface area contributed by atoms with Gasteiger partial charge in [0.05, 0.1) is 10.9 Å². The standard InChI is InChI=1S/C18H25NO3S/c1-18(2,3)14-7-9-16(10-8-14)23(21,22)19-15(12-20)11-13-5-4-6-17(13)19/h7-10,12-13,15,17H,4-6,11H2,1-3H3/t13-,15-,17-/m1/s1. The number of carbonyl (C=O) groups excluding carboxylic acids is 1. The van der Waals surface area contributed by atoms with Crippen LogP contribution in [0.4, 0.5) is 0 Å². The molecule has 0 unspecified atom stereocenters. The smallest absolute Gasteiger partial charge is 0.243 e. The second-order valence-corrected chi connectivity index (χ2v) is 9.65. The zero-order valence-corrected chi connectivity index (χ0v) is 14.8. The first kappa shape index (κ1) is 16.7. The number of nitrogens with zero attached hydrogens (tertiary/aromatic N) is 1. The van der Waals surface area contributed by atoms with Crippen molar-refractivity contribution < 1.29 is 13.2 Å². The first-order valence-electron chi connectivity index (χ1n) is 8.34. The van der Waals surface area contributed by atoms with E-state index in [1.165, 1.54) is 4.31 Å². The van der Waals surface area contributed by atoms with E-state index in [9.17, 15) is 13.2 Å². The lowest BCUT2D eigenvalue weighted by atomic mass is 9.87. The topological polar surface area (TPSA) is 54.5 Å². The molecule has 2 aliphatic rings. The summed E-state index contributed by atoms with van der Waals surface area (Å²) in [5, 5.41) is 0. The van der Waals surface area contributed by atoms with E-state index in [1.807, 2.05) is 12.1 Å². The lowest BCUT2D eigenvalue weighted by Gasteiger charge is -2.26. The van der Waals surface area contributed by atoms with Crippen molar-refractivity contribution in [1.29, 1.82) is 0 Å². The predicted molar refractivity (Wildman–Crippen MR) is 89.8 cm³/mol. The number of carbonyl (C=O) groups is 1. The van der Waals surface area contributed by atoms with Gasteiger partial charge in [0.2, 0.25) is 10.0 Å². The monoisotopic (exact) mass is 335 g/mol. The third-order valence-corrected chi connectivity index (χ3v) is 7.23. The molecule has 0 N–H and O–H groups in total. The van der Waals surface area contributed by atoms with Gasteiger partial charge in [0.1, 0.15) is 6.29 Å². The van der Waals surface area contributed by atoms with Gasteiger partial charge in [-0.2, -0.15) is 4.31 Å². The van der Waals surface area contributed by atoms with E-state index in [0.29, 0.717) is 17.2 Å². The minimum absolute atomic E-state index is 0.00232. The highest BCUT2D eigenvalue weighted by molar-refractivity contribution is 7.89. The molecule has 3 atom stereocenters. The van der Waals surface area contributed by atoms with Crippen LogP contribution in [0, 0.1) is 5.92 Å². The first-order chi connectivity index (χ1) is 10.7. The molecule has 1 aromatic carbocycles. The number of benzene rings is 1. The molecule has 0 radical (unpaired) electrons. The van der Waals surface area contributed by atoms with Crippen LogP contribution in [0.25, 0.3) is 0 Å². The molecule has 2 fully saturated rings. The van der Waals surface area contributed by atoms with Crippen LogP contribution in [-0.2, 0) is 20.2 Å². The molecule has 0 spiro atoms. The second kappa shape index (κ2) is 5.71. The summed E-state index contributed by atoms with van der Waals surface area (Å²) in [7, 11) is -3.61. The summed E-state index contributed by atoms with van der Waals surface area (Å²) in [6, 6.07) is 6.62. The number of hydrogen-bond donors (Lipinski definition) is 0. The quantitative estimate of drug-likeness (QED) is 0.798. The Bertz CT molecular complexity index is 688. The Kier molecular flexibility index (Phi) is 4.13. The summed E-state index contributed by atoms with van der Waals surface area (Å²) < 4.78 is 27.6. The van der Waals surface area contributed by atoms with Crippen molar-refractivity contribution in [2.75, 3.05) is 0 Å². The Hall–Kier alpha value is -1.20. The summed E-state index contributed by atoms with van der Waals surface area (Å²) in [6.07, 6.45) is 4.43. The van der Waals surface area contributed by atoms with Crippen molar-refractivity contribution >= 4 is 16.3 Å². The minimum atomic E-state index is -3.61. The lowest BCUT2D eigenvalue weighted by molar-refractivity contribution is -0.110. The highest BCUT2D eigenvalue weighted by Crippen LogP contribution is 2.43. The Labute approximate surface area is 138 Å². The molecule has 0 bridgehead atoms. The Morgan fingerprint density at radius 3 is 2.35 bits per heavy atom. The van der Waals surface area contributed by atoms with E-state index in [2.05, 4.69) is 20.8 Å². The summed E-state index contributed by atoms with van der Waals surface area (Å²) in [6.45, 7) is 6.30. The average molecular weight is 335 g/mol. The van der Waals surface area contributed by atoms with Crippen LogP contribution in [-0.4, -0.2) is 31.1 Å². The Morgan fingerprint density at radius 2 is 1.78 bits per heavy atom. The molecule has 1 aromatic rings. The van der Waals surface area contributed by atoms with Gasteiger partial charge in [0.25, 0.3) is 0 Å². The fourth-order valence-electron chi connectivity index (χ4n) is 4.01. The van der Waals surface area contributed by atoms with E-state index < -0.39 is 16.1 Å². The molecule has 3 rings (SSSR count). The Balaban J connectivity index is 1.95. The minimum Gasteiger partial charge on any atom is -0.302 e. The van der Waals surface area contributed by atoms with Crippen LogP contribution in [0.3, 0.4) is 0 Å². The zero-order chi connectivity index (χ0) is 16.8. The van der Waals surface area contributed by atoms with Gasteiger partial charge in [0, 0.05) is 6.04 Å². The molecule has 5 heteroatoms. The molecule has 4 nitrogen and oxygen atoms in total. The zero-order valence-electron chi connectivity index (χ0n) is 14.0. The lowest BCUT2D eigenvalue weighted by Crippen LogP contribution is -2.41. The summed E-state index contributed by atoms with van der Waals surface area (Å²) in [5.74, 6) is 0.342. The molecule has 1 saturated heterocycles. The maximum absolute atomic E-state index is 13.1. The summed E-state index contributed by atoms with van der Waals surface area (Å²) in [4.78, 5) is 11.7. The number of hydrogen-bond acceptors (Lipinski definition) is 3. The molecule has 1 heterocycles. The molecule has 1 aliphatic carbocycles. The maximum atomic E-state index is 13.1. The SMILES string of the molecule is CC(C)(C)c1ccc(S(=O)(=O)N2[C@@H]3CCC[C@@H]3C[C@@H]2C=O)cc1. The fourth-order valence-corrected chi connectivity index (χ4v) is 5.86. The highest BCUT2D eigenvalue weighted by Gasteiger charge is 2.49. The van der Waals surface area contributed by atoms with Crippen molar-refractivity contribution in [2.45, 2.75) is 68.8 Å². The summed E-state index contributed by atoms with van der Waals surface area (Å²) >= 11 is 0. The summed E-state index contributed by atoms with van der Waals surface area (Å²) in [5.41, 5.74) is 1.08. The van der Waals surface area contributed by atoms with E-state index >= 15 is 0 Å². The third kappa shape index (κ3) is 2.85. The molecule has 0 amide bonds. The maximum Gasteiger partial charge on any atom is 0.243 e. The highest BCUT2D eigenvalue weighted by atomic mass is 32.2. The van der Waals surface area contributed by atoms with Crippen LogP contribution < -0.4 is 0 Å². The normalized spacial score (nSPS) is 28.7. The van der Waals surface area contributed by atoms with Crippen molar-refractivity contribution in [3.63, 3.8) is 0 Å².